The minimum atomic E-state index is 0.237. The molecular weight excluding hydrogens is 230 g/mol. The van der Waals surface area contributed by atoms with Crippen LogP contribution in [0, 0.1) is 5.92 Å². The Labute approximate surface area is 107 Å². The molecule has 1 aromatic rings. The third-order valence-corrected chi connectivity index (χ3v) is 3.38. The van der Waals surface area contributed by atoms with E-state index in [-0.39, 0.29) is 6.04 Å². The molecule has 1 amide bonds. The molecule has 0 heterocycles. The second-order valence-corrected chi connectivity index (χ2v) is 4.62. The molecule has 98 valence electrons. The van der Waals surface area contributed by atoms with Gasteiger partial charge in [-0.1, -0.05) is 6.07 Å². The first-order chi connectivity index (χ1) is 8.78. The number of benzene rings is 1. The van der Waals surface area contributed by atoms with Gasteiger partial charge in [-0.3, -0.25) is 4.79 Å². The predicted molar refractivity (Wildman–Crippen MR) is 69.0 cm³/mol. The van der Waals surface area contributed by atoms with Crippen LogP contribution in [0.1, 0.15) is 18.4 Å². The van der Waals surface area contributed by atoms with E-state index in [1.165, 1.54) is 12.8 Å². The highest BCUT2D eigenvalue weighted by molar-refractivity contribution is 5.48. The van der Waals surface area contributed by atoms with Crippen LogP contribution in [0.5, 0.6) is 11.5 Å². The van der Waals surface area contributed by atoms with Crippen LogP contribution in [-0.2, 0) is 11.2 Å². The highest BCUT2D eigenvalue weighted by atomic mass is 16.5. The Kier molecular flexibility index (Phi) is 4.07. The van der Waals surface area contributed by atoms with Gasteiger partial charge < -0.3 is 14.8 Å². The Morgan fingerprint density at radius 1 is 1.33 bits per heavy atom. The quantitative estimate of drug-likeness (QED) is 0.749. The van der Waals surface area contributed by atoms with Gasteiger partial charge in [0.2, 0.25) is 6.41 Å². The van der Waals surface area contributed by atoms with Crippen molar-refractivity contribution in [1.29, 1.82) is 0 Å². The summed E-state index contributed by atoms with van der Waals surface area (Å²) in [6, 6.07) is 6.13. The monoisotopic (exact) mass is 249 g/mol. The molecule has 2 rings (SSSR count). The first-order valence-electron chi connectivity index (χ1n) is 6.19. The van der Waals surface area contributed by atoms with E-state index in [1.807, 2.05) is 18.2 Å². The fourth-order valence-corrected chi connectivity index (χ4v) is 2.21. The van der Waals surface area contributed by atoms with Crippen LogP contribution >= 0.6 is 0 Å². The molecule has 1 aliphatic carbocycles. The number of ether oxygens (including phenoxy) is 2. The SMILES string of the molecule is COc1ccc(C[C@H](NC=O)C2CC2)cc1OC. The van der Waals surface area contributed by atoms with Gasteiger partial charge in [-0.15, -0.1) is 0 Å². The zero-order valence-electron chi connectivity index (χ0n) is 10.8. The van der Waals surface area contributed by atoms with Crippen LogP contribution in [0.25, 0.3) is 0 Å². The Balaban J connectivity index is 2.09. The Bertz CT molecular complexity index is 416. The molecule has 1 aromatic carbocycles. The molecule has 0 aliphatic heterocycles. The number of nitrogens with one attached hydrogen (secondary N) is 1. The summed E-state index contributed by atoms with van der Waals surface area (Å²) in [5.41, 5.74) is 1.15. The summed E-state index contributed by atoms with van der Waals surface area (Å²) in [6.45, 7) is 0. The molecule has 0 bridgehead atoms. The van der Waals surface area contributed by atoms with E-state index >= 15 is 0 Å². The van der Waals surface area contributed by atoms with Gasteiger partial charge in [0.15, 0.2) is 11.5 Å². The van der Waals surface area contributed by atoms with Gasteiger partial charge in [-0.05, 0) is 42.9 Å². The topological polar surface area (TPSA) is 47.6 Å². The molecule has 1 N–H and O–H groups in total. The van der Waals surface area contributed by atoms with Crippen molar-refractivity contribution in [2.45, 2.75) is 25.3 Å². The van der Waals surface area contributed by atoms with Gasteiger partial charge in [0, 0.05) is 6.04 Å². The molecular formula is C14H19NO3. The maximum atomic E-state index is 10.6. The zero-order valence-corrected chi connectivity index (χ0v) is 10.8. The summed E-state index contributed by atoms with van der Waals surface area (Å²) < 4.78 is 10.5. The predicted octanol–water partition coefficient (Wildman–Crippen LogP) is 1.77. The van der Waals surface area contributed by atoms with E-state index in [2.05, 4.69) is 5.32 Å². The molecule has 0 radical (unpaired) electrons. The van der Waals surface area contributed by atoms with Crippen LogP contribution in [0.15, 0.2) is 18.2 Å². The molecule has 18 heavy (non-hydrogen) atoms. The number of hydrogen-bond donors (Lipinski definition) is 1. The maximum absolute atomic E-state index is 10.6. The third-order valence-electron chi connectivity index (χ3n) is 3.38. The second kappa shape index (κ2) is 5.76. The lowest BCUT2D eigenvalue weighted by molar-refractivity contribution is -0.110. The molecule has 0 aromatic heterocycles. The fraction of sp³-hybridized carbons (Fsp3) is 0.500. The minimum absolute atomic E-state index is 0.237. The minimum Gasteiger partial charge on any atom is -0.493 e. The first-order valence-corrected chi connectivity index (χ1v) is 6.19. The van der Waals surface area contributed by atoms with Gasteiger partial charge >= 0.3 is 0 Å². The number of hydrogen-bond acceptors (Lipinski definition) is 3. The normalized spacial score (nSPS) is 15.9. The average Bonchev–Trinajstić information content (AvgIpc) is 3.22. The van der Waals surface area contributed by atoms with E-state index < -0.39 is 0 Å². The number of rotatable bonds is 7. The van der Waals surface area contributed by atoms with E-state index in [0.717, 1.165) is 29.9 Å². The van der Waals surface area contributed by atoms with Gasteiger partial charge in [0.25, 0.3) is 0 Å². The van der Waals surface area contributed by atoms with Crippen LogP contribution in [-0.4, -0.2) is 26.7 Å². The van der Waals surface area contributed by atoms with Gasteiger partial charge in [-0.2, -0.15) is 0 Å². The van der Waals surface area contributed by atoms with Crippen LogP contribution in [0.3, 0.4) is 0 Å². The van der Waals surface area contributed by atoms with E-state index in [0.29, 0.717) is 5.92 Å². The maximum Gasteiger partial charge on any atom is 0.207 e. The Morgan fingerprint density at radius 3 is 2.61 bits per heavy atom. The van der Waals surface area contributed by atoms with E-state index in [1.54, 1.807) is 14.2 Å². The second-order valence-electron chi connectivity index (χ2n) is 4.62. The number of methoxy groups -OCH3 is 2. The van der Waals surface area contributed by atoms with Crippen molar-refractivity contribution < 1.29 is 14.3 Å². The molecule has 4 nitrogen and oxygen atoms in total. The van der Waals surface area contributed by atoms with Crippen LogP contribution < -0.4 is 14.8 Å². The zero-order chi connectivity index (χ0) is 13.0. The first kappa shape index (κ1) is 12.7. The van der Waals surface area contributed by atoms with Crippen molar-refractivity contribution >= 4 is 6.41 Å². The van der Waals surface area contributed by atoms with Crippen molar-refractivity contribution in [2.24, 2.45) is 5.92 Å². The van der Waals surface area contributed by atoms with Crippen LogP contribution in [0.2, 0.25) is 0 Å². The summed E-state index contributed by atoms with van der Waals surface area (Å²) in [4.78, 5) is 10.6. The van der Waals surface area contributed by atoms with Gasteiger partial charge in [-0.25, -0.2) is 0 Å². The summed E-state index contributed by atoms with van der Waals surface area (Å²) >= 11 is 0. The van der Waals surface area contributed by atoms with Crippen molar-refractivity contribution in [3.8, 4) is 11.5 Å². The third kappa shape index (κ3) is 2.94. The van der Waals surface area contributed by atoms with Crippen molar-refractivity contribution in [3.63, 3.8) is 0 Å². The number of amides is 1. The van der Waals surface area contributed by atoms with Crippen molar-refractivity contribution in [3.05, 3.63) is 23.8 Å². The molecule has 4 heteroatoms. The molecule has 1 saturated carbocycles. The summed E-state index contributed by atoms with van der Waals surface area (Å²) in [5, 5.41) is 2.91. The van der Waals surface area contributed by atoms with Crippen molar-refractivity contribution in [1.82, 2.24) is 5.32 Å². The fourth-order valence-electron chi connectivity index (χ4n) is 2.21. The van der Waals surface area contributed by atoms with Crippen molar-refractivity contribution in [2.75, 3.05) is 14.2 Å². The Morgan fingerprint density at radius 2 is 2.06 bits per heavy atom. The molecule has 1 fully saturated rings. The summed E-state index contributed by atoms with van der Waals surface area (Å²) in [5.74, 6) is 2.09. The van der Waals surface area contributed by atoms with Gasteiger partial charge in [0.1, 0.15) is 0 Å². The Hall–Kier alpha value is -1.71. The highest BCUT2D eigenvalue weighted by Gasteiger charge is 2.30. The lowest BCUT2D eigenvalue weighted by Gasteiger charge is -2.16. The number of carbonyl (C=O) groups is 1. The molecule has 1 atom stereocenters. The highest BCUT2D eigenvalue weighted by Crippen LogP contribution is 2.35. The molecule has 0 spiro atoms. The van der Waals surface area contributed by atoms with Crippen LogP contribution in [0.4, 0.5) is 0 Å². The lowest BCUT2D eigenvalue weighted by atomic mass is 10.0. The molecule has 1 aliphatic rings. The van der Waals surface area contributed by atoms with E-state index in [9.17, 15) is 4.79 Å². The molecule has 0 saturated heterocycles. The largest absolute Gasteiger partial charge is 0.493 e. The summed E-state index contributed by atoms with van der Waals surface area (Å²) in [7, 11) is 3.25. The standard InChI is InChI=1S/C14H19NO3/c1-17-13-6-3-10(8-14(13)18-2)7-12(15-9-16)11-4-5-11/h3,6,8-9,11-12H,4-5,7H2,1-2H3,(H,15,16)/t12-/m0/s1. The van der Waals surface area contributed by atoms with E-state index in [4.69, 9.17) is 9.47 Å². The average molecular weight is 249 g/mol. The summed E-state index contributed by atoms with van der Waals surface area (Å²) in [6.07, 6.45) is 4.05. The van der Waals surface area contributed by atoms with Gasteiger partial charge in [0.05, 0.1) is 14.2 Å². The number of carbonyl (C=O) groups excluding carboxylic acids is 1. The smallest absolute Gasteiger partial charge is 0.207 e. The lowest BCUT2D eigenvalue weighted by Crippen LogP contribution is -2.31. The molecule has 0 unspecified atom stereocenters.